The Labute approximate surface area is 137 Å². The molecule has 1 aromatic rings. The Bertz CT molecular complexity index is 539. The predicted molar refractivity (Wildman–Crippen MR) is 83.7 cm³/mol. The molecule has 8 nitrogen and oxygen atoms in total. The second-order valence-electron chi connectivity index (χ2n) is 7.03. The Balaban J connectivity index is 1.98. The summed E-state index contributed by atoms with van der Waals surface area (Å²) < 4.78 is 11.6. The molecule has 1 atom stereocenters. The number of piperidine rings is 1. The highest BCUT2D eigenvalue weighted by Gasteiger charge is 2.38. The van der Waals surface area contributed by atoms with E-state index in [9.17, 15) is 4.79 Å². The minimum Gasteiger partial charge on any atom is -0.444 e. The summed E-state index contributed by atoms with van der Waals surface area (Å²) in [5.74, 6) is 0.551. The maximum atomic E-state index is 12.3. The van der Waals surface area contributed by atoms with Crippen molar-refractivity contribution in [3.05, 3.63) is 5.82 Å². The van der Waals surface area contributed by atoms with Crippen molar-refractivity contribution in [1.29, 1.82) is 0 Å². The number of hydrogen-bond donors (Lipinski definition) is 0. The minimum absolute atomic E-state index is 0.281. The number of aromatic nitrogens is 4. The fourth-order valence-corrected chi connectivity index (χ4v) is 2.69. The standard InChI is InChI=1S/C15H27N5O3/c1-6-15(22-10-12-16-18-19(5)17-12)8-7-9-20(11-15)13(21)23-14(2,3)4/h6-11H2,1-5H3. The normalized spacial score (nSPS) is 22.2. The van der Waals surface area contributed by atoms with Crippen molar-refractivity contribution in [1.82, 2.24) is 25.1 Å². The van der Waals surface area contributed by atoms with E-state index in [1.54, 1.807) is 11.9 Å². The van der Waals surface area contributed by atoms with Gasteiger partial charge in [-0.3, -0.25) is 0 Å². The molecule has 1 amide bonds. The molecule has 130 valence electrons. The van der Waals surface area contributed by atoms with E-state index in [0.29, 0.717) is 25.5 Å². The number of aryl methyl sites for hydroxylation is 1. The molecule has 0 spiro atoms. The fraction of sp³-hybridized carbons (Fsp3) is 0.867. The second-order valence-corrected chi connectivity index (χ2v) is 7.03. The fourth-order valence-electron chi connectivity index (χ4n) is 2.69. The molecule has 8 heteroatoms. The van der Waals surface area contributed by atoms with Crippen LogP contribution in [0, 0.1) is 0 Å². The molecule has 1 aliphatic rings. The van der Waals surface area contributed by atoms with Crippen LogP contribution in [0.1, 0.15) is 52.8 Å². The van der Waals surface area contributed by atoms with Gasteiger partial charge in [-0.05, 0) is 45.2 Å². The van der Waals surface area contributed by atoms with E-state index in [4.69, 9.17) is 9.47 Å². The van der Waals surface area contributed by atoms with E-state index >= 15 is 0 Å². The number of likely N-dealkylation sites (tertiary alicyclic amines) is 1. The zero-order valence-corrected chi connectivity index (χ0v) is 14.7. The van der Waals surface area contributed by atoms with Gasteiger partial charge in [0.2, 0.25) is 0 Å². The monoisotopic (exact) mass is 325 g/mol. The first-order valence-corrected chi connectivity index (χ1v) is 8.08. The van der Waals surface area contributed by atoms with Crippen molar-refractivity contribution < 1.29 is 14.3 Å². The van der Waals surface area contributed by atoms with Gasteiger partial charge in [0.25, 0.3) is 0 Å². The van der Waals surface area contributed by atoms with Gasteiger partial charge >= 0.3 is 6.09 Å². The first-order chi connectivity index (χ1) is 10.7. The number of rotatable bonds is 4. The van der Waals surface area contributed by atoms with Crippen LogP contribution in [0.2, 0.25) is 0 Å². The topological polar surface area (TPSA) is 82.4 Å². The summed E-state index contributed by atoms with van der Waals surface area (Å²) >= 11 is 0. The third kappa shape index (κ3) is 4.89. The Morgan fingerprint density at radius 3 is 2.70 bits per heavy atom. The lowest BCUT2D eigenvalue weighted by Gasteiger charge is -2.42. The van der Waals surface area contributed by atoms with Crippen molar-refractivity contribution >= 4 is 6.09 Å². The lowest BCUT2D eigenvalue weighted by Crippen LogP contribution is -2.52. The second kappa shape index (κ2) is 6.82. The van der Waals surface area contributed by atoms with Crippen LogP contribution >= 0.6 is 0 Å². The van der Waals surface area contributed by atoms with Crippen LogP contribution in [0.3, 0.4) is 0 Å². The van der Waals surface area contributed by atoms with Crippen LogP contribution < -0.4 is 0 Å². The highest BCUT2D eigenvalue weighted by molar-refractivity contribution is 5.68. The number of amides is 1. The predicted octanol–water partition coefficient (Wildman–Crippen LogP) is 1.91. The molecule has 1 aliphatic heterocycles. The van der Waals surface area contributed by atoms with E-state index < -0.39 is 5.60 Å². The van der Waals surface area contributed by atoms with Gasteiger partial charge < -0.3 is 14.4 Å². The first-order valence-electron chi connectivity index (χ1n) is 8.08. The maximum absolute atomic E-state index is 12.3. The summed E-state index contributed by atoms with van der Waals surface area (Å²) in [6.07, 6.45) is 2.33. The number of tetrazole rings is 1. The van der Waals surface area contributed by atoms with Crippen LogP contribution in [-0.4, -0.2) is 55.5 Å². The van der Waals surface area contributed by atoms with Gasteiger partial charge in [0.05, 0.1) is 19.2 Å². The molecule has 0 bridgehead atoms. The molecule has 1 unspecified atom stereocenters. The van der Waals surface area contributed by atoms with E-state index in [0.717, 1.165) is 19.3 Å². The molecule has 2 rings (SSSR count). The highest BCUT2D eigenvalue weighted by atomic mass is 16.6. The number of ether oxygens (including phenoxy) is 2. The van der Waals surface area contributed by atoms with Crippen LogP contribution in [-0.2, 0) is 23.1 Å². The summed E-state index contributed by atoms with van der Waals surface area (Å²) in [4.78, 5) is 15.5. The molecule has 0 saturated carbocycles. The highest BCUT2D eigenvalue weighted by Crippen LogP contribution is 2.30. The van der Waals surface area contributed by atoms with Gasteiger partial charge in [-0.2, -0.15) is 4.80 Å². The van der Waals surface area contributed by atoms with Gasteiger partial charge in [-0.15, -0.1) is 10.2 Å². The van der Waals surface area contributed by atoms with Crippen LogP contribution in [0.5, 0.6) is 0 Å². The summed E-state index contributed by atoms with van der Waals surface area (Å²) in [6, 6.07) is 0. The average Bonchev–Trinajstić information content (AvgIpc) is 2.89. The zero-order chi connectivity index (χ0) is 17.1. The van der Waals surface area contributed by atoms with Crippen molar-refractivity contribution in [3.63, 3.8) is 0 Å². The first kappa shape index (κ1) is 17.7. The molecule has 0 radical (unpaired) electrons. The van der Waals surface area contributed by atoms with Crippen molar-refractivity contribution in [2.75, 3.05) is 13.1 Å². The SMILES string of the molecule is CCC1(OCc2nnn(C)n2)CCCN(C(=O)OC(C)(C)C)C1. The maximum Gasteiger partial charge on any atom is 0.410 e. The van der Waals surface area contributed by atoms with Gasteiger partial charge in [0.1, 0.15) is 12.2 Å². The number of hydrogen-bond acceptors (Lipinski definition) is 6. The smallest absolute Gasteiger partial charge is 0.410 e. The Morgan fingerprint density at radius 1 is 1.39 bits per heavy atom. The summed E-state index contributed by atoms with van der Waals surface area (Å²) in [5, 5.41) is 11.9. The molecule has 1 aromatic heterocycles. The molecule has 1 saturated heterocycles. The van der Waals surface area contributed by atoms with Gasteiger partial charge in [-0.1, -0.05) is 6.92 Å². The lowest BCUT2D eigenvalue weighted by molar-refractivity contribution is -0.103. The van der Waals surface area contributed by atoms with Crippen molar-refractivity contribution in [2.45, 2.75) is 64.8 Å². The molecule has 2 heterocycles. The van der Waals surface area contributed by atoms with Crippen molar-refractivity contribution in [2.24, 2.45) is 7.05 Å². The van der Waals surface area contributed by atoms with Crippen LogP contribution in [0.25, 0.3) is 0 Å². The van der Waals surface area contributed by atoms with Gasteiger partial charge in [0.15, 0.2) is 5.82 Å². The third-order valence-electron chi connectivity index (χ3n) is 3.89. The summed E-state index contributed by atoms with van der Waals surface area (Å²) in [7, 11) is 1.72. The largest absolute Gasteiger partial charge is 0.444 e. The Hall–Kier alpha value is -1.70. The van der Waals surface area contributed by atoms with Crippen LogP contribution in [0.4, 0.5) is 4.79 Å². The molecular formula is C15H27N5O3. The average molecular weight is 325 g/mol. The summed E-state index contributed by atoms with van der Waals surface area (Å²) in [6.45, 7) is 9.21. The number of nitrogens with zero attached hydrogens (tertiary/aromatic N) is 5. The molecule has 1 fully saturated rings. The number of carbonyl (C=O) groups is 1. The van der Waals surface area contributed by atoms with Crippen LogP contribution in [0.15, 0.2) is 0 Å². The van der Waals surface area contributed by atoms with E-state index in [2.05, 4.69) is 22.3 Å². The molecule has 23 heavy (non-hydrogen) atoms. The van der Waals surface area contributed by atoms with E-state index in [-0.39, 0.29) is 11.7 Å². The molecule has 0 aromatic carbocycles. The minimum atomic E-state index is -0.492. The third-order valence-corrected chi connectivity index (χ3v) is 3.89. The Morgan fingerprint density at radius 2 is 2.13 bits per heavy atom. The number of carbonyl (C=O) groups excluding carboxylic acids is 1. The van der Waals surface area contributed by atoms with E-state index in [1.807, 2.05) is 20.8 Å². The molecule has 0 N–H and O–H groups in total. The van der Waals surface area contributed by atoms with Gasteiger partial charge in [-0.25, -0.2) is 4.79 Å². The quantitative estimate of drug-likeness (QED) is 0.841. The zero-order valence-electron chi connectivity index (χ0n) is 14.7. The van der Waals surface area contributed by atoms with Gasteiger partial charge in [0, 0.05) is 6.54 Å². The van der Waals surface area contributed by atoms with E-state index in [1.165, 1.54) is 4.80 Å². The molecular weight excluding hydrogens is 298 g/mol. The summed E-state index contributed by atoms with van der Waals surface area (Å²) in [5.41, 5.74) is -0.873. The molecule has 0 aliphatic carbocycles. The Kier molecular flexibility index (Phi) is 5.23. The lowest BCUT2D eigenvalue weighted by atomic mass is 9.90. The van der Waals surface area contributed by atoms with Crippen molar-refractivity contribution in [3.8, 4) is 0 Å².